The molecule has 2 aromatic rings. The first kappa shape index (κ1) is 14.2. The number of aryl methyl sites for hydroxylation is 2. The molecule has 1 aliphatic rings. The third-order valence-corrected chi connectivity index (χ3v) is 4.24. The van der Waals surface area contributed by atoms with Crippen molar-refractivity contribution in [3.8, 4) is 5.75 Å². The molecule has 1 N–H and O–H groups in total. The minimum absolute atomic E-state index is 0.921. The third kappa shape index (κ3) is 3.64. The van der Waals surface area contributed by atoms with E-state index in [1.54, 1.807) is 18.2 Å². The Bertz CT molecular complexity index is 589. The monoisotopic (exact) mass is 281 g/mol. The fourth-order valence-electron chi connectivity index (χ4n) is 2.99. The van der Waals surface area contributed by atoms with Crippen LogP contribution in [0.4, 0.5) is 0 Å². The van der Waals surface area contributed by atoms with Crippen LogP contribution in [-0.4, -0.2) is 13.7 Å². The van der Waals surface area contributed by atoms with Crippen molar-refractivity contribution >= 4 is 0 Å². The lowest BCUT2D eigenvalue weighted by atomic mass is 10.1. The van der Waals surface area contributed by atoms with E-state index in [0.29, 0.717) is 0 Å². The topological polar surface area (TPSA) is 21.3 Å². The Labute approximate surface area is 127 Å². The van der Waals surface area contributed by atoms with E-state index in [4.69, 9.17) is 4.74 Å². The lowest BCUT2D eigenvalue weighted by Crippen LogP contribution is -2.16. The summed E-state index contributed by atoms with van der Waals surface area (Å²) in [6, 6.07) is 15.3. The van der Waals surface area contributed by atoms with Gasteiger partial charge in [0.2, 0.25) is 0 Å². The molecule has 0 aliphatic heterocycles. The zero-order valence-corrected chi connectivity index (χ0v) is 12.7. The van der Waals surface area contributed by atoms with Crippen LogP contribution in [-0.2, 0) is 25.8 Å². The van der Waals surface area contributed by atoms with E-state index in [1.807, 2.05) is 12.1 Å². The number of fused-ring (bicyclic) bond motifs is 1. The molecule has 0 saturated heterocycles. The van der Waals surface area contributed by atoms with Crippen LogP contribution in [0.2, 0.25) is 0 Å². The first-order valence-electron chi connectivity index (χ1n) is 7.79. The summed E-state index contributed by atoms with van der Waals surface area (Å²) >= 11 is 0. The van der Waals surface area contributed by atoms with Crippen molar-refractivity contribution in [2.75, 3.05) is 13.7 Å². The quantitative estimate of drug-likeness (QED) is 0.818. The first-order valence-corrected chi connectivity index (χ1v) is 7.79. The van der Waals surface area contributed by atoms with Crippen molar-refractivity contribution in [2.24, 2.45) is 0 Å². The second kappa shape index (κ2) is 6.77. The second-order valence-electron chi connectivity index (χ2n) is 5.73. The number of hydrogen-bond donors (Lipinski definition) is 1. The van der Waals surface area contributed by atoms with Crippen LogP contribution in [0.5, 0.6) is 5.75 Å². The Balaban J connectivity index is 1.45. The minimum Gasteiger partial charge on any atom is -0.497 e. The predicted octanol–water partition coefficient (Wildman–Crippen LogP) is 3.52. The van der Waals surface area contributed by atoms with Crippen LogP contribution in [0.25, 0.3) is 0 Å². The van der Waals surface area contributed by atoms with Crippen LogP contribution in [0.3, 0.4) is 0 Å². The molecule has 0 aromatic heterocycles. The number of rotatable bonds is 6. The van der Waals surface area contributed by atoms with Gasteiger partial charge in [-0.3, -0.25) is 0 Å². The molecule has 3 rings (SSSR count). The minimum atomic E-state index is 0.921. The van der Waals surface area contributed by atoms with E-state index < -0.39 is 0 Å². The molecule has 0 unspecified atom stereocenters. The maximum Gasteiger partial charge on any atom is 0.118 e. The van der Waals surface area contributed by atoms with Gasteiger partial charge in [0.25, 0.3) is 0 Å². The molecule has 21 heavy (non-hydrogen) atoms. The van der Waals surface area contributed by atoms with Gasteiger partial charge in [-0.1, -0.05) is 30.3 Å². The van der Waals surface area contributed by atoms with Gasteiger partial charge >= 0.3 is 0 Å². The lowest BCUT2D eigenvalue weighted by molar-refractivity contribution is 0.414. The Morgan fingerprint density at radius 3 is 2.52 bits per heavy atom. The van der Waals surface area contributed by atoms with Gasteiger partial charge < -0.3 is 10.1 Å². The molecule has 0 fully saturated rings. The smallest absolute Gasteiger partial charge is 0.118 e. The Hall–Kier alpha value is -1.80. The van der Waals surface area contributed by atoms with Crippen molar-refractivity contribution in [2.45, 2.75) is 32.2 Å². The number of methoxy groups -OCH3 is 1. The zero-order chi connectivity index (χ0) is 14.5. The fourth-order valence-corrected chi connectivity index (χ4v) is 2.99. The number of benzene rings is 2. The average Bonchev–Trinajstić information content (AvgIpc) is 3.00. The lowest BCUT2D eigenvalue weighted by Gasteiger charge is -2.08. The normalized spacial score (nSPS) is 13.2. The van der Waals surface area contributed by atoms with E-state index >= 15 is 0 Å². The standard InChI is InChI=1S/C19H23NO/c1-21-19-9-6-15(7-10-19)11-12-20-14-16-5-8-17-3-2-4-18(17)13-16/h5-10,13,20H,2-4,11-12,14H2,1H3. The molecule has 2 aromatic carbocycles. The highest BCUT2D eigenvalue weighted by Gasteiger charge is 2.10. The van der Waals surface area contributed by atoms with Gasteiger partial charge in [0.15, 0.2) is 0 Å². The summed E-state index contributed by atoms with van der Waals surface area (Å²) < 4.78 is 5.17. The molecule has 0 amide bonds. The Kier molecular flexibility index (Phi) is 4.56. The van der Waals surface area contributed by atoms with Crippen LogP contribution >= 0.6 is 0 Å². The predicted molar refractivity (Wildman–Crippen MR) is 86.9 cm³/mol. The van der Waals surface area contributed by atoms with Crippen molar-refractivity contribution in [3.05, 3.63) is 64.7 Å². The molecule has 110 valence electrons. The van der Waals surface area contributed by atoms with Crippen LogP contribution in [0.1, 0.15) is 28.7 Å². The SMILES string of the molecule is COc1ccc(CCNCc2ccc3c(c2)CCC3)cc1. The Morgan fingerprint density at radius 1 is 0.952 bits per heavy atom. The molecular weight excluding hydrogens is 258 g/mol. The highest BCUT2D eigenvalue weighted by Crippen LogP contribution is 2.22. The Morgan fingerprint density at radius 2 is 1.71 bits per heavy atom. The molecular formula is C19H23NO. The molecule has 0 atom stereocenters. The maximum absolute atomic E-state index is 5.17. The summed E-state index contributed by atoms with van der Waals surface area (Å²) in [4.78, 5) is 0. The summed E-state index contributed by atoms with van der Waals surface area (Å²) in [5.41, 5.74) is 5.86. The fraction of sp³-hybridized carbons (Fsp3) is 0.368. The molecule has 2 heteroatoms. The van der Waals surface area contributed by atoms with Crippen LogP contribution < -0.4 is 10.1 Å². The molecule has 0 radical (unpaired) electrons. The van der Waals surface area contributed by atoms with Crippen molar-refractivity contribution in [1.82, 2.24) is 5.32 Å². The summed E-state index contributed by atoms with van der Waals surface area (Å²) in [7, 11) is 1.70. The van der Waals surface area contributed by atoms with Gasteiger partial charge in [-0.2, -0.15) is 0 Å². The first-order chi connectivity index (χ1) is 10.3. The van der Waals surface area contributed by atoms with Gasteiger partial charge in [-0.25, -0.2) is 0 Å². The van der Waals surface area contributed by atoms with Gasteiger partial charge in [0, 0.05) is 6.54 Å². The maximum atomic E-state index is 5.17. The number of nitrogens with one attached hydrogen (secondary N) is 1. The van der Waals surface area contributed by atoms with Gasteiger partial charge in [0.1, 0.15) is 5.75 Å². The molecule has 1 aliphatic carbocycles. The van der Waals surface area contributed by atoms with Crippen molar-refractivity contribution in [3.63, 3.8) is 0 Å². The largest absolute Gasteiger partial charge is 0.497 e. The highest BCUT2D eigenvalue weighted by atomic mass is 16.5. The molecule has 0 heterocycles. The van der Waals surface area contributed by atoms with E-state index in [0.717, 1.165) is 25.3 Å². The molecule has 2 nitrogen and oxygen atoms in total. The van der Waals surface area contributed by atoms with E-state index in [-0.39, 0.29) is 0 Å². The van der Waals surface area contributed by atoms with E-state index in [1.165, 1.54) is 30.4 Å². The van der Waals surface area contributed by atoms with Gasteiger partial charge in [-0.15, -0.1) is 0 Å². The molecule has 0 saturated carbocycles. The third-order valence-electron chi connectivity index (χ3n) is 4.24. The summed E-state index contributed by atoms with van der Waals surface area (Å²) in [5.74, 6) is 0.921. The summed E-state index contributed by atoms with van der Waals surface area (Å²) in [6.07, 6.45) is 4.90. The average molecular weight is 281 g/mol. The van der Waals surface area contributed by atoms with E-state index in [9.17, 15) is 0 Å². The molecule has 0 spiro atoms. The van der Waals surface area contributed by atoms with Crippen LogP contribution in [0, 0.1) is 0 Å². The van der Waals surface area contributed by atoms with Gasteiger partial charge in [-0.05, 0) is 66.6 Å². The zero-order valence-electron chi connectivity index (χ0n) is 12.7. The number of ether oxygens (including phenoxy) is 1. The highest BCUT2D eigenvalue weighted by molar-refractivity contribution is 5.35. The number of hydrogen-bond acceptors (Lipinski definition) is 2. The van der Waals surface area contributed by atoms with E-state index in [2.05, 4.69) is 35.6 Å². The molecule has 0 bridgehead atoms. The van der Waals surface area contributed by atoms with Crippen molar-refractivity contribution in [1.29, 1.82) is 0 Å². The van der Waals surface area contributed by atoms with Gasteiger partial charge in [0.05, 0.1) is 7.11 Å². The second-order valence-corrected chi connectivity index (χ2v) is 5.73. The summed E-state index contributed by atoms with van der Waals surface area (Å²) in [6.45, 7) is 1.97. The van der Waals surface area contributed by atoms with Crippen molar-refractivity contribution < 1.29 is 4.74 Å². The summed E-state index contributed by atoms with van der Waals surface area (Å²) in [5, 5.41) is 3.54. The van der Waals surface area contributed by atoms with Crippen LogP contribution in [0.15, 0.2) is 42.5 Å².